The van der Waals surface area contributed by atoms with Gasteiger partial charge in [-0.05, 0) is 18.2 Å². The predicted molar refractivity (Wildman–Crippen MR) is 83.7 cm³/mol. The van der Waals surface area contributed by atoms with Crippen LogP contribution in [0.1, 0.15) is 30.8 Å². The highest BCUT2D eigenvalue weighted by Gasteiger charge is 2.53. The predicted octanol–water partition coefficient (Wildman–Crippen LogP) is 2.73. The molecular formula is C17H21N3O2. The normalized spacial score (nSPS) is 22.7. The minimum absolute atomic E-state index is 0.0336. The Balaban J connectivity index is 1.67. The van der Waals surface area contributed by atoms with Crippen molar-refractivity contribution < 1.29 is 9.53 Å². The maximum Gasteiger partial charge on any atom is 0.271 e. The largest absolute Gasteiger partial charge is 0.490 e. The van der Waals surface area contributed by atoms with E-state index in [1.165, 1.54) is 0 Å². The van der Waals surface area contributed by atoms with Crippen LogP contribution >= 0.6 is 0 Å². The molecule has 1 aliphatic rings. The number of rotatable bonds is 4. The Bertz CT molecular complexity index is 637. The van der Waals surface area contributed by atoms with E-state index in [0.29, 0.717) is 5.69 Å². The standard InChI is InChI=1S/C17H21N3O2/c1-17(2)14(20(3)16(21)13-9-10-18-19-13)11-15(17)22-12-7-5-4-6-8-12/h4-10,14-15H,11H2,1-3H3,(H,18,19)/t14-,15+/m0/s1. The highest BCUT2D eigenvalue weighted by molar-refractivity contribution is 5.92. The first-order chi connectivity index (χ1) is 10.5. The molecule has 0 unspecified atom stereocenters. The van der Waals surface area contributed by atoms with E-state index in [1.54, 1.807) is 17.2 Å². The van der Waals surface area contributed by atoms with Gasteiger partial charge in [0.1, 0.15) is 17.5 Å². The molecule has 2 atom stereocenters. The van der Waals surface area contributed by atoms with Gasteiger partial charge in [-0.2, -0.15) is 5.10 Å². The molecule has 0 radical (unpaired) electrons. The van der Waals surface area contributed by atoms with Crippen LogP contribution in [-0.2, 0) is 0 Å². The van der Waals surface area contributed by atoms with E-state index in [4.69, 9.17) is 4.74 Å². The summed E-state index contributed by atoms with van der Waals surface area (Å²) in [6.45, 7) is 4.29. The molecule has 1 aliphatic carbocycles. The molecule has 0 saturated heterocycles. The number of H-pyrrole nitrogens is 1. The lowest BCUT2D eigenvalue weighted by Crippen LogP contribution is -2.63. The van der Waals surface area contributed by atoms with Crippen molar-refractivity contribution in [3.8, 4) is 5.75 Å². The van der Waals surface area contributed by atoms with Crippen molar-refractivity contribution >= 4 is 5.91 Å². The Hall–Kier alpha value is -2.30. The molecule has 0 aliphatic heterocycles. The van der Waals surface area contributed by atoms with Gasteiger partial charge in [0, 0.05) is 31.1 Å². The Morgan fingerprint density at radius 2 is 2.05 bits per heavy atom. The fourth-order valence-electron chi connectivity index (χ4n) is 3.09. The van der Waals surface area contributed by atoms with Gasteiger partial charge >= 0.3 is 0 Å². The molecular weight excluding hydrogens is 278 g/mol. The van der Waals surface area contributed by atoms with E-state index in [1.807, 2.05) is 37.4 Å². The third-order valence-electron chi connectivity index (χ3n) is 4.67. The zero-order valence-corrected chi connectivity index (χ0v) is 13.1. The molecule has 116 valence electrons. The molecule has 1 heterocycles. The van der Waals surface area contributed by atoms with E-state index < -0.39 is 0 Å². The van der Waals surface area contributed by atoms with E-state index >= 15 is 0 Å². The Morgan fingerprint density at radius 1 is 1.32 bits per heavy atom. The number of carbonyl (C=O) groups excluding carboxylic acids is 1. The number of hydrogen-bond donors (Lipinski definition) is 1. The first-order valence-electron chi connectivity index (χ1n) is 7.48. The Labute approximate surface area is 130 Å². The van der Waals surface area contributed by atoms with Gasteiger partial charge in [0.25, 0.3) is 5.91 Å². The maximum absolute atomic E-state index is 12.4. The van der Waals surface area contributed by atoms with Gasteiger partial charge in [-0.3, -0.25) is 9.89 Å². The fourth-order valence-corrected chi connectivity index (χ4v) is 3.09. The quantitative estimate of drug-likeness (QED) is 0.944. The second-order valence-corrected chi connectivity index (χ2v) is 6.38. The summed E-state index contributed by atoms with van der Waals surface area (Å²) in [5, 5.41) is 6.57. The number of amides is 1. The number of carbonyl (C=O) groups is 1. The average molecular weight is 299 g/mol. The summed E-state index contributed by atoms with van der Waals surface area (Å²) in [5.74, 6) is 0.843. The van der Waals surface area contributed by atoms with Gasteiger partial charge in [-0.15, -0.1) is 0 Å². The van der Waals surface area contributed by atoms with Crippen LogP contribution in [-0.4, -0.2) is 40.2 Å². The fraction of sp³-hybridized carbons (Fsp3) is 0.412. The van der Waals surface area contributed by atoms with Crippen molar-refractivity contribution in [2.45, 2.75) is 32.4 Å². The van der Waals surface area contributed by atoms with Crippen molar-refractivity contribution in [3.05, 3.63) is 48.3 Å². The number of para-hydroxylation sites is 1. The van der Waals surface area contributed by atoms with Crippen LogP contribution in [0.3, 0.4) is 0 Å². The zero-order chi connectivity index (χ0) is 15.7. The molecule has 2 aromatic rings. The summed E-state index contributed by atoms with van der Waals surface area (Å²) in [5.41, 5.74) is 0.422. The SMILES string of the molecule is CN(C(=O)c1ccn[nH]1)[C@H]1C[C@@H](Oc2ccccc2)C1(C)C. The summed E-state index contributed by atoms with van der Waals surface area (Å²) in [6, 6.07) is 11.7. The van der Waals surface area contributed by atoms with Crippen molar-refractivity contribution in [2.24, 2.45) is 5.41 Å². The van der Waals surface area contributed by atoms with Crippen LogP contribution < -0.4 is 4.74 Å². The molecule has 1 aromatic carbocycles. The number of aromatic amines is 1. The maximum atomic E-state index is 12.4. The van der Waals surface area contributed by atoms with Crippen LogP contribution in [0, 0.1) is 5.41 Å². The molecule has 1 N–H and O–H groups in total. The van der Waals surface area contributed by atoms with Crippen molar-refractivity contribution in [1.82, 2.24) is 15.1 Å². The first kappa shape index (κ1) is 14.6. The first-order valence-corrected chi connectivity index (χ1v) is 7.48. The number of ether oxygens (including phenoxy) is 1. The topological polar surface area (TPSA) is 58.2 Å². The molecule has 5 nitrogen and oxygen atoms in total. The molecule has 0 spiro atoms. The molecule has 1 amide bonds. The molecule has 5 heteroatoms. The lowest BCUT2D eigenvalue weighted by molar-refractivity contribution is -0.0887. The zero-order valence-electron chi connectivity index (χ0n) is 13.1. The number of nitrogens with zero attached hydrogens (tertiary/aromatic N) is 2. The van der Waals surface area contributed by atoms with Crippen LogP contribution in [0.2, 0.25) is 0 Å². The van der Waals surface area contributed by atoms with Crippen LogP contribution in [0.4, 0.5) is 0 Å². The van der Waals surface area contributed by atoms with E-state index in [-0.39, 0.29) is 23.5 Å². The van der Waals surface area contributed by atoms with Crippen molar-refractivity contribution in [1.29, 1.82) is 0 Å². The lowest BCUT2D eigenvalue weighted by atomic mass is 9.63. The van der Waals surface area contributed by atoms with Crippen molar-refractivity contribution in [3.63, 3.8) is 0 Å². The molecule has 1 aromatic heterocycles. The second-order valence-electron chi connectivity index (χ2n) is 6.38. The lowest BCUT2D eigenvalue weighted by Gasteiger charge is -2.54. The van der Waals surface area contributed by atoms with Gasteiger partial charge < -0.3 is 9.64 Å². The summed E-state index contributed by atoms with van der Waals surface area (Å²) in [4.78, 5) is 14.2. The molecule has 22 heavy (non-hydrogen) atoms. The van der Waals surface area contributed by atoms with Gasteiger partial charge in [-0.25, -0.2) is 0 Å². The van der Waals surface area contributed by atoms with Gasteiger partial charge in [-0.1, -0.05) is 32.0 Å². The average Bonchev–Trinajstić information content (AvgIpc) is 3.05. The van der Waals surface area contributed by atoms with Gasteiger partial charge in [0.2, 0.25) is 0 Å². The Morgan fingerprint density at radius 3 is 2.64 bits per heavy atom. The smallest absolute Gasteiger partial charge is 0.271 e. The highest BCUT2D eigenvalue weighted by Crippen LogP contribution is 2.45. The van der Waals surface area contributed by atoms with E-state index in [9.17, 15) is 4.79 Å². The van der Waals surface area contributed by atoms with Crippen LogP contribution in [0.15, 0.2) is 42.6 Å². The third kappa shape index (κ3) is 2.47. The van der Waals surface area contributed by atoms with Gasteiger partial charge in [0.15, 0.2) is 0 Å². The van der Waals surface area contributed by atoms with Crippen LogP contribution in [0.5, 0.6) is 5.75 Å². The third-order valence-corrected chi connectivity index (χ3v) is 4.67. The van der Waals surface area contributed by atoms with Crippen LogP contribution in [0.25, 0.3) is 0 Å². The summed E-state index contributed by atoms with van der Waals surface area (Å²) in [7, 11) is 1.84. The minimum Gasteiger partial charge on any atom is -0.490 e. The number of hydrogen-bond acceptors (Lipinski definition) is 3. The summed E-state index contributed by atoms with van der Waals surface area (Å²) < 4.78 is 6.06. The number of nitrogens with one attached hydrogen (secondary N) is 1. The van der Waals surface area contributed by atoms with Crippen molar-refractivity contribution in [2.75, 3.05) is 7.05 Å². The molecule has 0 bridgehead atoms. The van der Waals surface area contributed by atoms with E-state index in [2.05, 4.69) is 24.0 Å². The minimum atomic E-state index is -0.0970. The summed E-state index contributed by atoms with van der Waals surface area (Å²) in [6.07, 6.45) is 2.53. The molecule has 1 saturated carbocycles. The molecule has 3 rings (SSSR count). The monoisotopic (exact) mass is 299 g/mol. The second kappa shape index (κ2) is 5.48. The summed E-state index contributed by atoms with van der Waals surface area (Å²) >= 11 is 0. The number of benzene rings is 1. The highest BCUT2D eigenvalue weighted by atomic mass is 16.5. The Kier molecular flexibility index (Phi) is 3.64. The number of aromatic nitrogens is 2. The van der Waals surface area contributed by atoms with Gasteiger partial charge in [0.05, 0.1) is 0 Å². The van der Waals surface area contributed by atoms with E-state index in [0.717, 1.165) is 12.2 Å². The molecule has 1 fully saturated rings.